The summed E-state index contributed by atoms with van der Waals surface area (Å²) in [5.74, 6) is 2.62. The number of halogens is 3. The molecule has 0 aliphatic carbocycles. The molecule has 1 unspecified atom stereocenters. The maximum Gasteiger partial charge on any atom is 0.416 e. The van der Waals surface area contributed by atoms with Gasteiger partial charge in [-0.2, -0.15) is 13.2 Å². The minimum atomic E-state index is -4.32. The molecule has 0 saturated carbocycles. The number of alkyl halides is 3. The fourth-order valence-electron chi connectivity index (χ4n) is 4.51. The summed E-state index contributed by atoms with van der Waals surface area (Å²) in [5.41, 5.74) is 2.52. The molecule has 0 spiro atoms. The monoisotopic (exact) mass is 499 g/mol. The van der Waals surface area contributed by atoms with Crippen molar-refractivity contribution in [2.24, 2.45) is 0 Å². The van der Waals surface area contributed by atoms with Gasteiger partial charge in [0, 0.05) is 12.6 Å². The first kappa shape index (κ1) is 25.9. The number of aryl methyl sites for hydroxylation is 2. The largest absolute Gasteiger partial charge is 0.493 e. The maximum atomic E-state index is 12.9. The third-order valence-electron chi connectivity index (χ3n) is 6.60. The van der Waals surface area contributed by atoms with Gasteiger partial charge in [0.1, 0.15) is 0 Å². The summed E-state index contributed by atoms with van der Waals surface area (Å²) in [6.45, 7) is 0.529. The average molecular weight is 500 g/mol. The quantitative estimate of drug-likeness (QED) is 0.399. The third-order valence-corrected chi connectivity index (χ3v) is 6.60. The van der Waals surface area contributed by atoms with Gasteiger partial charge < -0.3 is 19.5 Å². The lowest BCUT2D eigenvalue weighted by atomic mass is 9.98. The Labute approximate surface area is 210 Å². The van der Waals surface area contributed by atoms with Gasteiger partial charge in [-0.3, -0.25) is 0 Å². The van der Waals surface area contributed by atoms with Crippen LogP contribution in [0.3, 0.4) is 0 Å². The summed E-state index contributed by atoms with van der Waals surface area (Å²) in [7, 11) is 3.25. The highest BCUT2D eigenvalue weighted by Crippen LogP contribution is 2.38. The SMILES string of the molecule is COc1ccc2cc1Oc1cc(ccc1OC)CCC(NCc1ccc(C(F)(F)F)cc1)CCCC2. The highest BCUT2D eigenvalue weighted by molar-refractivity contribution is 5.50. The van der Waals surface area contributed by atoms with Crippen LogP contribution >= 0.6 is 0 Å². The Morgan fingerprint density at radius 2 is 1.42 bits per heavy atom. The number of ether oxygens (including phenoxy) is 3. The van der Waals surface area contributed by atoms with Crippen LogP contribution in [0.1, 0.15) is 47.9 Å². The molecule has 192 valence electrons. The maximum absolute atomic E-state index is 12.9. The summed E-state index contributed by atoms with van der Waals surface area (Å²) in [6, 6.07) is 17.6. The normalized spacial score (nSPS) is 16.5. The van der Waals surface area contributed by atoms with Gasteiger partial charge in [-0.1, -0.05) is 30.7 Å². The molecule has 3 aromatic rings. The van der Waals surface area contributed by atoms with E-state index in [1.54, 1.807) is 26.4 Å². The van der Waals surface area contributed by atoms with Crippen molar-refractivity contribution in [3.05, 3.63) is 82.9 Å². The molecule has 4 rings (SSSR count). The van der Waals surface area contributed by atoms with E-state index >= 15 is 0 Å². The lowest BCUT2D eigenvalue weighted by Crippen LogP contribution is -2.29. The van der Waals surface area contributed by atoms with Crippen molar-refractivity contribution in [3.63, 3.8) is 0 Å². The second kappa shape index (κ2) is 11.7. The van der Waals surface area contributed by atoms with E-state index in [1.165, 1.54) is 5.56 Å². The molecule has 0 saturated heterocycles. The number of hydrogen-bond acceptors (Lipinski definition) is 4. The fraction of sp³-hybridized carbons (Fsp3) is 0.379. The number of methoxy groups -OCH3 is 2. The molecule has 0 aromatic heterocycles. The molecule has 0 fully saturated rings. The van der Waals surface area contributed by atoms with E-state index in [0.717, 1.165) is 61.8 Å². The lowest BCUT2D eigenvalue weighted by Gasteiger charge is -2.21. The van der Waals surface area contributed by atoms with Crippen molar-refractivity contribution in [1.82, 2.24) is 5.32 Å². The molecule has 3 aromatic carbocycles. The van der Waals surface area contributed by atoms with Crippen LogP contribution in [0, 0.1) is 0 Å². The Kier molecular flexibility index (Phi) is 8.41. The Morgan fingerprint density at radius 1 is 0.806 bits per heavy atom. The first-order valence-corrected chi connectivity index (χ1v) is 12.3. The summed E-state index contributed by atoms with van der Waals surface area (Å²) in [4.78, 5) is 0. The first-order chi connectivity index (χ1) is 17.4. The standard InChI is InChI=1S/C29H32F3NO3/c1-34-25-15-10-20-5-3-4-6-24(33-19-22-7-12-23(13-8-22)29(30,31)32)14-9-21-11-16-26(35-2)28(18-21)36-27(25)17-20/h7-8,10-13,15-18,24,33H,3-6,9,14,19H2,1-2H3. The molecule has 1 heterocycles. The van der Waals surface area contributed by atoms with Crippen LogP contribution in [0.5, 0.6) is 23.0 Å². The molecule has 4 bridgehead atoms. The Bertz CT molecular complexity index is 1150. The highest BCUT2D eigenvalue weighted by Gasteiger charge is 2.29. The lowest BCUT2D eigenvalue weighted by molar-refractivity contribution is -0.137. The molecule has 1 aliphatic rings. The summed E-state index contributed by atoms with van der Waals surface area (Å²) in [6.07, 6.45) is 1.40. The molecular formula is C29H32F3NO3. The molecule has 0 amide bonds. The Hall–Kier alpha value is -3.19. The molecule has 0 radical (unpaired) electrons. The van der Waals surface area contributed by atoms with Gasteiger partial charge >= 0.3 is 6.18 Å². The van der Waals surface area contributed by atoms with Crippen LogP contribution in [0.25, 0.3) is 0 Å². The van der Waals surface area contributed by atoms with Crippen molar-refractivity contribution in [2.45, 2.75) is 57.3 Å². The minimum Gasteiger partial charge on any atom is -0.493 e. The van der Waals surface area contributed by atoms with E-state index in [4.69, 9.17) is 14.2 Å². The van der Waals surface area contributed by atoms with Crippen molar-refractivity contribution in [1.29, 1.82) is 0 Å². The van der Waals surface area contributed by atoms with Gasteiger partial charge in [-0.25, -0.2) is 0 Å². The highest BCUT2D eigenvalue weighted by atomic mass is 19.4. The van der Waals surface area contributed by atoms with E-state index in [-0.39, 0.29) is 6.04 Å². The van der Waals surface area contributed by atoms with Crippen LogP contribution in [0.2, 0.25) is 0 Å². The van der Waals surface area contributed by atoms with Gasteiger partial charge in [-0.05, 0) is 85.2 Å². The van der Waals surface area contributed by atoms with Gasteiger partial charge in [-0.15, -0.1) is 0 Å². The molecule has 1 aliphatic heterocycles. The van der Waals surface area contributed by atoms with Crippen LogP contribution < -0.4 is 19.5 Å². The minimum absolute atomic E-state index is 0.244. The summed E-state index contributed by atoms with van der Waals surface area (Å²) >= 11 is 0. The molecule has 1 atom stereocenters. The van der Waals surface area contributed by atoms with Gasteiger partial charge in [0.15, 0.2) is 23.0 Å². The van der Waals surface area contributed by atoms with Crippen LogP contribution in [0.15, 0.2) is 60.7 Å². The van der Waals surface area contributed by atoms with E-state index in [9.17, 15) is 13.2 Å². The molecule has 36 heavy (non-hydrogen) atoms. The molecule has 4 nitrogen and oxygen atoms in total. The zero-order valence-corrected chi connectivity index (χ0v) is 20.7. The topological polar surface area (TPSA) is 39.7 Å². The second-order valence-electron chi connectivity index (χ2n) is 9.13. The van der Waals surface area contributed by atoms with Crippen LogP contribution in [-0.4, -0.2) is 20.3 Å². The van der Waals surface area contributed by atoms with Gasteiger partial charge in [0.2, 0.25) is 0 Å². The molecule has 7 heteroatoms. The number of nitrogens with one attached hydrogen (secondary N) is 1. The van der Waals surface area contributed by atoms with E-state index < -0.39 is 11.7 Å². The smallest absolute Gasteiger partial charge is 0.416 e. The fourth-order valence-corrected chi connectivity index (χ4v) is 4.51. The molecular weight excluding hydrogens is 467 g/mol. The summed E-state index contributed by atoms with van der Waals surface area (Å²) in [5, 5.41) is 3.57. The van der Waals surface area contributed by atoms with E-state index in [2.05, 4.69) is 11.4 Å². The van der Waals surface area contributed by atoms with Crippen molar-refractivity contribution < 1.29 is 27.4 Å². The van der Waals surface area contributed by atoms with E-state index in [0.29, 0.717) is 29.5 Å². The second-order valence-corrected chi connectivity index (χ2v) is 9.13. The van der Waals surface area contributed by atoms with Crippen molar-refractivity contribution in [3.8, 4) is 23.0 Å². The summed E-state index contributed by atoms with van der Waals surface area (Å²) < 4.78 is 55.9. The number of fused-ring (bicyclic) bond motifs is 4. The number of rotatable bonds is 5. The number of benzene rings is 3. The van der Waals surface area contributed by atoms with Gasteiger partial charge in [0.25, 0.3) is 0 Å². The first-order valence-electron chi connectivity index (χ1n) is 12.3. The third kappa shape index (κ3) is 6.72. The zero-order chi connectivity index (χ0) is 25.5. The predicted molar refractivity (Wildman–Crippen MR) is 134 cm³/mol. The average Bonchev–Trinajstić information content (AvgIpc) is 2.87. The van der Waals surface area contributed by atoms with Crippen LogP contribution in [0.4, 0.5) is 13.2 Å². The zero-order valence-electron chi connectivity index (χ0n) is 20.7. The van der Waals surface area contributed by atoms with Crippen LogP contribution in [-0.2, 0) is 25.6 Å². The van der Waals surface area contributed by atoms with Crippen molar-refractivity contribution >= 4 is 0 Å². The van der Waals surface area contributed by atoms with Gasteiger partial charge in [0.05, 0.1) is 19.8 Å². The van der Waals surface area contributed by atoms with Crippen molar-refractivity contribution in [2.75, 3.05) is 14.2 Å². The predicted octanol–water partition coefficient (Wildman–Crippen LogP) is 7.33. The molecule has 1 N–H and O–H groups in total. The Morgan fingerprint density at radius 3 is 2.00 bits per heavy atom. The number of hydrogen-bond donors (Lipinski definition) is 1. The van der Waals surface area contributed by atoms with E-state index in [1.807, 2.05) is 30.3 Å². The Balaban J connectivity index is 1.50.